The van der Waals surface area contributed by atoms with Crippen LogP contribution >= 0.6 is 11.3 Å². The summed E-state index contributed by atoms with van der Waals surface area (Å²) in [5, 5.41) is 0.952. The molecule has 1 aliphatic heterocycles. The summed E-state index contributed by atoms with van der Waals surface area (Å²) in [7, 11) is -3.08. The minimum absolute atomic E-state index is 0.342. The molecule has 0 saturated carbocycles. The summed E-state index contributed by atoms with van der Waals surface area (Å²) in [5.41, 5.74) is 3.14. The molecule has 0 aliphatic carbocycles. The number of nitrogens with zero attached hydrogens (tertiary/aromatic N) is 3. The molecule has 23 heavy (non-hydrogen) atoms. The van der Waals surface area contributed by atoms with Crippen LogP contribution in [0.25, 0.3) is 10.7 Å². The number of aryl methyl sites for hydroxylation is 2. The maximum atomic E-state index is 11.7. The second-order valence-corrected chi connectivity index (χ2v) is 9.34. The Morgan fingerprint density at radius 1 is 1.39 bits per heavy atom. The van der Waals surface area contributed by atoms with E-state index in [0.717, 1.165) is 34.8 Å². The van der Waals surface area contributed by atoms with Gasteiger partial charge < -0.3 is 0 Å². The molecular formula is C16H21N3O2S2. The highest BCUT2D eigenvalue weighted by Crippen LogP contribution is 2.31. The molecule has 0 aromatic carbocycles. The molecule has 1 saturated heterocycles. The van der Waals surface area contributed by atoms with Crippen molar-refractivity contribution >= 4 is 21.4 Å². The first kappa shape index (κ1) is 16.5. The summed E-state index contributed by atoms with van der Waals surface area (Å²) in [6.07, 6.45) is 4.82. The lowest BCUT2D eigenvalue weighted by Crippen LogP contribution is -2.27. The molecule has 0 radical (unpaired) electrons. The molecule has 3 heterocycles. The van der Waals surface area contributed by atoms with Gasteiger partial charge in [-0.15, -0.1) is 11.3 Å². The molecule has 0 N–H and O–H groups in total. The first-order chi connectivity index (χ1) is 10.8. The summed E-state index contributed by atoms with van der Waals surface area (Å²) in [6.45, 7) is 5.30. The number of rotatable bonds is 4. The van der Waals surface area contributed by atoms with Crippen LogP contribution < -0.4 is 0 Å². The largest absolute Gasteiger partial charge is 0.253 e. The SMILES string of the molecule is Cc1nc(-c2ncccc2CC2CCN(S(C)(=O)=O)C2)sc1C. The van der Waals surface area contributed by atoms with Crippen LogP contribution in [0.4, 0.5) is 0 Å². The standard InChI is InChI=1S/C16H21N3O2S2/c1-11-12(2)22-16(18-11)15-14(5-4-7-17-15)9-13-6-8-19(10-13)23(3,20)21/h4-5,7,13H,6,8-10H2,1-3H3. The molecule has 1 atom stereocenters. The van der Waals surface area contributed by atoms with Crippen LogP contribution in [-0.2, 0) is 16.4 Å². The molecule has 2 aromatic heterocycles. The van der Waals surface area contributed by atoms with Crippen LogP contribution in [0.2, 0.25) is 0 Å². The second-order valence-electron chi connectivity index (χ2n) is 6.15. The molecule has 124 valence electrons. The Balaban J connectivity index is 1.82. The minimum atomic E-state index is -3.08. The smallest absolute Gasteiger partial charge is 0.211 e. The van der Waals surface area contributed by atoms with E-state index in [0.29, 0.717) is 19.0 Å². The summed E-state index contributed by atoms with van der Waals surface area (Å²) in [5.74, 6) is 0.342. The Labute approximate surface area is 141 Å². The zero-order chi connectivity index (χ0) is 16.6. The van der Waals surface area contributed by atoms with Crippen LogP contribution in [0.5, 0.6) is 0 Å². The molecule has 2 aromatic rings. The van der Waals surface area contributed by atoms with Crippen molar-refractivity contribution in [3.05, 3.63) is 34.5 Å². The first-order valence-corrected chi connectivity index (χ1v) is 10.3. The average molecular weight is 351 g/mol. The topological polar surface area (TPSA) is 63.2 Å². The van der Waals surface area contributed by atoms with Gasteiger partial charge in [-0.3, -0.25) is 4.98 Å². The van der Waals surface area contributed by atoms with Gasteiger partial charge in [0.15, 0.2) is 0 Å². The van der Waals surface area contributed by atoms with Crippen LogP contribution in [-0.4, -0.2) is 42.0 Å². The third-order valence-corrected chi connectivity index (χ3v) is 6.70. The molecule has 5 nitrogen and oxygen atoms in total. The number of hydrogen-bond acceptors (Lipinski definition) is 5. The van der Waals surface area contributed by atoms with Gasteiger partial charge >= 0.3 is 0 Å². The van der Waals surface area contributed by atoms with Gasteiger partial charge in [-0.2, -0.15) is 0 Å². The molecule has 1 unspecified atom stereocenters. The van der Waals surface area contributed by atoms with Crippen molar-refractivity contribution in [3.63, 3.8) is 0 Å². The lowest BCUT2D eigenvalue weighted by atomic mass is 9.98. The molecule has 3 rings (SSSR count). The lowest BCUT2D eigenvalue weighted by Gasteiger charge is -2.14. The van der Waals surface area contributed by atoms with E-state index in [2.05, 4.69) is 23.0 Å². The molecular weight excluding hydrogens is 330 g/mol. The molecule has 1 aliphatic rings. The van der Waals surface area contributed by atoms with E-state index >= 15 is 0 Å². The van der Waals surface area contributed by atoms with Gasteiger partial charge in [0, 0.05) is 24.2 Å². The van der Waals surface area contributed by atoms with Gasteiger partial charge in [0.25, 0.3) is 0 Å². The van der Waals surface area contributed by atoms with Gasteiger partial charge in [0.2, 0.25) is 10.0 Å². The average Bonchev–Trinajstić information content (AvgIpc) is 3.07. The highest BCUT2D eigenvalue weighted by molar-refractivity contribution is 7.88. The van der Waals surface area contributed by atoms with Gasteiger partial charge in [0.05, 0.1) is 11.9 Å². The molecule has 0 bridgehead atoms. The van der Waals surface area contributed by atoms with E-state index in [-0.39, 0.29) is 0 Å². The Kier molecular flexibility index (Phi) is 4.53. The zero-order valence-corrected chi connectivity index (χ0v) is 15.2. The van der Waals surface area contributed by atoms with Crippen molar-refractivity contribution in [3.8, 4) is 10.7 Å². The van der Waals surface area contributed by atoms with Crippen LogP contribution in [0, 0.1) is 19.8 Å². The monoisotopic (exact) mass is 351 g/mol. The van der Waals surface area contributed by atoms with Gasteiger partial charge in [-0.25, -0.2) is 17.7 Å². The van der Waals surface area contributed by atoms with E-state index in [1.165, 1.54) is 11.1 Å². The van der Waals surface area contributed by atoms with E-state index in [1.807, 2.05) is 13.0 Å². The van der Waals surface area contributed by atoms with Crippen molar-refractivity contribution in [2.24, 2.45) is 5.92 Å². The Morgan fingerprint density at radius 3 is 2.78 bits per heavy atom. The van der Waals surface area contributed by atoms with E-state index in [9.17, 15) is 8.42 Å². The molecule has 0 amide bonds. The van der Waals surface area contributed by atoms with Crippen molar-refractivity contribution in [2.45, 2.75) is 26.7 Å². The van der Waals surface area contributed by atoms with E-state index < -0.39 is 10.0 Å². The van der Waals surface area contributed by atoms with Gasteiger partial charge in [-0.1, -0.05) is 6.07 Å². The fourth-order valence-corrected chi connectivity index (χ4v) is 4.81. The van der Waals surface area contributed by atoms with Crippen molar-refractivity contribution < 1.29 is 8.42 Å². The van der Waals surface area contributed by atoms with Crippen LogP contribution in [0.15, 0.2) is 18.3 Å². The first-order valence-electron chi connectivity index (χ1n) is 7.68. The number of hydrogen-bond donors (Lipinski definition) is 0. The summed E-state index contributed by atoms with van der Waals surface area (Å²) < 4.78 is 24.9. The maximum absolute atomic E-state index is 11.7. The van der Waals surface area contributed by atoms with Crippen molar-refractivity contribution in [1.29, 1.82) is 0 Å². The molecule has 0 spiro atoms. The quantitative estimate of drug-likeness (QED) is 0.849. The Bertz CT molecular complexity index is 795. The number of pyridine rings is 1. The van der Waals surface area contributed by atoms with Gasteiger partial charge in [-0.05, 0) is 44.2 Å². The fraction of sp³-hybridized carbons (Fsp3) is 0.500. The van der Waals surface area contributed by atoms with E-state index in [1.54, 1.807) is 21.8 Å². The summed E-state index contributed by atoms with van der Waals surface area (Å²) in [6, 6.07) is 4.02. The third kappa shape index (κ3) is 3.62. The van der Waals surface area contributed by atoms with Crippen LogP contribution in [0.1, 0.15) is 22.6 Å². The molecule has 1 fully saturated rings. The van der Waals surface area contributed by atoms with Crippen molar-refractivity contribution in [2.75, 3.05) is 19.3 Å². The van der Waals surface area contributed by atoms with Crippen LogP contribution in [0.3, 0.4) is 0 Å². The van der Waals surface area contributed by atoms with E-state index in [4.69, 9.17) is 0 Å². The Morgan fingerprint density at radius 2 is 2.17 bits per heavy atom. The maximum Gasteiger partial charge on any atom is 0.211 e. The zero-order valence-electron chi connectivity index (χ0n) is 13.6. The van der Waals surface area contributed by atoms with Crippen molar-refractivity contribution in [1.82, 2.24) is 14.3 Å². The second kappa shape index (κ2) is 6.30. The lowest BCUT2D eigenvalue weighted by molar-refractivity contribution is 0.460. The number of thiazole rings is 1. The summed E-state index contributed by atoms with van der Waals surface area (Å²) >= 11 is 1.66. The normalized spacial score (nSPS) is 19.3. The Hall–Kier alpha value is -1.31. The highest BCUT2D eigenvalue weighted by Gasteiger charge is 2.29. The minimum Gasteiger partial charge on any atom is -0.253 e. The van der Waals surface area contributed by atoms with Gasteiger partial charge in [0.1, 0.15) is 10.7 Å². The molecule has 7 heteroatoms. The predicted molar refractivity (Wildman–Crippen MR) is 93.0 cm³/mol. The number of sulfonamides is 1. The summed E-state index contributed by atoms with van der Waals surface area (Å²) in [4.78, 5) is 10.4. The third-order valence-electron chi connectivity index (χ3n) is 4.35. The highest BCUT2D eigenvalue weighted by atomic mass is 32.2. The predicted octanol–water partition coefficient (Wildman–Crippen LogP) is 2.65. The number of aromatic nitrogens is 2. The fourth-order valence-electron chi connectivity index (χ4n) is 2.95.